The first kappa shape index (κ1) is 8.97. The molecule has 66 valence electrons. The second kappa shape index (κ2) is 3.09. The summed E-state index contributed by atoms with van der Waals surface area (Å²) in [5.41, 5.74) is 0. The summed E-state index contributed by atoms with van der Waals surface area (Å²) < 4.78 is 11.7. The second-order valence-electron chi connectivity index (χ2n) is 4.13. The molecule has 0 bridgehead atoms. The molecule has 0 radical (unpaired) electrons. The minimum atomic E-state index is -0.00782. The first-order valence-corrected chi connectivity index (χ1v) is 4.05. The molecule has 0 saturated carbocycles. The van der Waals surface area contributed by atoms with E-state index in [4.69, 9.17) is 9.47 Å². The van der Waals surface area contributed by atoms with Gasteiger partial charge in [-0.15, -0.1) is 0 Å². The summed E-state index contributed by atoms with van der Waals surface area (Å²) in [6.45, 7) is 3.71. The van der Waals surface area contributed by atoms with E-state index < -0.39 is 0 Å². The summed E-state index contributed by atoms with van der Waals surface area (Å²) in [7, 11) is 6.48. The van der Waals surface area contributed by atoms with Crippen LogP contribution in [0.25, 0.3) is 0 Å². The Labute approximate surface area is 68.5 Å². The van der Waals surface area contributed by atoms with Crippen molar-refractivity contribution in [1.82, 2.24) is 0 Å². The smallest absolute Gasteiger partial charge is 0.155 e. The molecule has 1 saturated heterocycles. The van der Waals surface area contributed by atoms with Crippen molar-refractivity contribution in [3.63, 3.8) is 0 Å². The van der Waals surface area contributed by atoms with Gasteiger partial charge in [0.2, 0.25) is 0 Å². The van der Waals surface area contributed by atoms with Crippen LogP contribution in [0.4, 0.5) is 0 Å². The number of nitrogens with zero attached hydrogens (tertiary/aromatic N) is 1. The van der Waals surface area contributed by atoms with Gasteiger partial charge in [0, 0.05) is 0 Å². The quantitative estimate of drug-likeness (QED) is 0.546. The van der Waals surface area contributed by atoms with Crippen LogP contribution >= 0.6 is 0 Å². The summed E-state index contributed by atoms with van der Waals surface area (Å²) in [5, 5.41) is 0. The molecule has 0 unspecified atom stereocenters. The van der Waals surface area contributed by atoms with Gasteiger partial charge in [0.25, 0.3) is 0 Å². The normalized spacial score (nSPS) is 32.7. The minimum Gasteiger partial charge on any atom is -0.350 e. The van der Waals surface area contributed by atoms with Crippen LogP contribution in [0.1, 0.15) is 6.92 Å². The first-order valence-electron chi connectivity index (χ1n) is 4.05. The molecule has 1 fully saturated rings. The maximum Gasteiger partial charge on any atom is 0.155 e. The van der Waals surface area contributed by atoms with Crippen LogP contribution in [0.15, 0.2) is 0 Å². The molecule has 0 aromatic rings. The maximum absolute atomic E-state index is 5.50. The number of likely N-dealkylation sites (N-methyl/N-ethyl adjacent to an activating group) is 1. The highest BCUT2D eigenvalue weighted by Gasteiger charge is 2.27. The van der Waals surface area contributed by atoms with E-state index in [1.165, 1.54) is 0 Å². The second-order valence-corrected chi connectivity index (χ2v) is 4.13. The lowest BCUT2D eigenvalue weighted by Crippen LogP contribution is -2.42. The van der Waals surface area contributed by atoms with Gasteiger partial charge in [-0.05, 0) is 6.92 Å². The third-order valence-electron chi connectivity index (χ3n) is 1.65. The van der Waals surface area contributed by atoms with Crippen LogP contribution in [0.2, 0.25) is 0 Å². The van der Waals surface area contributed by atoms with Gasteiger partial charge in [0.1, 0.15) is 12.6 Å². The van der Waals surface area contributed by atoms with Gasteiger partial charge in [0.15, 0.2) is 6.29 Å². The van der Waals surface area contributed by atoms with E-state index in [1.54, 1.807) is 0 Å². The predicted molar refractivity (Wildman–Crippen MR) is 43.2 cm³/mol. The van der Waals surface area contributed by atoms with Crippen LogP contribution in [0, 0.1) is 0 Å². The lowest BCUT2D eigenvalue weighted by atomic mass is 10.3. The summed E-state index contributed by atoms with van der Waals surface area (Å²) in [6, 6.07) is 0. The fourth-order valence-corrected chi connectivity index (χ4v) is 1.30. The molecule has 1 rings (SSSR count). The van der Waals surface area contributed by atoms with E-state index in [9.17, 15) is 0 Å². The highest BCUT2D eigenvalue weighted by atomic mass is 16.7. The van der Waals surface area contributed by atoms with Crippen LogP contribution < -0.4 is 0 Å². The molecule has 0 aromatic heterocycles. The molecule has 2 atom stereocenters. The van der Waals surface area contributed by atoms with E-state index in [0.717, 1.165) is 17.6 Å². The molecule has 3 heteroatoms. The third-order valence-corrected chi connectivity index (χ3v) is 1.65. The Balaban J connectivity index is 2.29. The number of quaternary nitrogens is 1. The average molecular weight is 160 g/mol. The molecule has 1 heterocycles. The summed E-state index contributed by atoms with van der Waals surface area (Å²) >= 11 is 0. The van der Waals surface area contributed by atoms with Gasteiger partial charge in [0.05, 0.1) is 27.7 Å². The van der Waals surface area contributed by atoms with E-state index in [2.05, 4.69) is 21.1 Å². The average Bonchev–Trinajstić information content (AvgIpc) is 2.10. The van der Waals surface area contributed by atoms with Crippen molar-refractivity contribution in [1.29, 1.82) is 0 Å². The van der Waals surface area contributed by atoms with Crippen LogP contribution in [-0.4, -0.2) is 51.2 Å². The molecular weight excluding hydrogens is 142 g/mol. The van der Waals surface area contributed by atoms with E-state index in [0.29, 0.717) is 0 Å². The zero-order chi connectivity index (χ0) is 8.48. The lowest BCUT2D eigenvalue weighted by molar-refractivity contribution is -0.873. The number of hydrogen-bond acceptors (Lipinski definition) is 2. The largest absolute Gasteiger partial charge is 0.350 e. The van der Waals surface area contributed by atoms with Gasteiger partial charge in [-0.25, -0.2) is 0 Å². The lowest BCUT2D eigenvalue weighted by Gasteiger charge is -2.26. The fraction of sp³-hybridized carbons (Fsp3) is 1.00. The Hall–Kier alpha value is -0.120. The molecule has 3 nitrogen and oxygen atoms in total. The van der Waals surface area contributed by atoms with Crippen LogP contribution in [0.3, 0.4) is 0 Å². The van der Waals surface area contributed by atoms with Crippen molar-refractivity contribution in [2.45, 2.75) is 19.3 Å². The molecule has 0 spiro atoms. The molecule has 11 heavy (non-hydrogen) atoms. The molecule has 0 aromatic carbocycles. The number of hydrogen-bond donors (Lipinski definition) is 0. The third kappa shape index (κ3) is 3.18. The number of ether oxygens (including phenoxy) is 2. The molecule has 0 amide bonds. The molecular formula is C8H18NO2+. The Morgan fingerprint density at radius 2 is 2.00 bits per heavy atom. The van der Waals surface area contributed by atoms with Gasteiger partial charge >= 0.3 is 0 Å². The van der Waals surface area contributed by atoms with Crippen molar-refractivity contribution in [3.8, 4) is 0 Å². The van der Waals surface area contributed by atoms with Crippen molar-refractivity contribution in [2.24, 2.45) is 0 Å². The minimum absolute atomic E-state index is 0.00782. The van der Waals surface area contributed by atoms with Crippen LogP contribution in [0.5, 0.6) is 0 Å². The standard InChI is InChI=1S/C8H18NO2/c1-7-10-6-8(11-7)5-9(2,3)4/h7-8H,5-6H2,1-4H3/q+1/t7-,8-/m1/s1. The van der Waals surface area contributed by atoms with Crippen LogP contribution in [-0.2, 0) is 9.47 Å². The fourth-order valence-electron chi connectivity index (χ4n) is 1.30. The Morgan fingerprint density at radius 1 is 1.36 bits per heavy atom. The molecule has 0 aliphatic carbocycles. The van der Waals surface area contributed by atoms with Crippen molar-refractivity contribution in [3.05, 3.63) is 0 Å². The molecule has 0 N–H and O–H groups in total. The number of rotatable bonds is 2. The van der Waals surface area contributed by atoms with Gasteiger partial charge in [-0.1, -0.05) is 0 Å². The zero-order valence-electron chi connectivity index (χ0n) is 7.83. The van der Waals surface area contributed by atoms with E-state index >= 15 is 0 Å². The SMILES string of the molecule is C[C@@H]1OC[C@@H](C[N+](C)(C)C)O1. The highest BCUT2D eigenvalue weighted by Crippen LogP contribution is 2.12. The maximum atomic E-state index is 5.50. The topological polar surface area (TPSA) is 18.5 Å². The van der Waals surface area contributed by atoms with Crippen molar-refractivity contribution < 1.29 is 14.0 Å². The Morgan fingerprint density at radius 3 is 2.36 bits per heavy atom. The van der Waals surface area contributed by atoms with Gasteiger partial charge in [-0.3, -0.25) is 0 Å². The summed E-state index contributed by atoms with van der Waals surface area (Å²) in [4.78, 5) is 0. The summed E-state index contributed by atoms with van der Waals surface area (Å²) in [5.74, 6) is 0. The monoisotopic (exact) mass is 160 g/mol. The first-order chi connectivity index (χ1) is 4.97. The zero-order valence-corrected chi connectivity index (χ0v) is 7.83. The summed E-state index contributed by atoms with van der Waals surface area (Å²) in [6.07, 6.45) is 0.275. The van der Waals surface area contributed by atoms with Gasteiger partial charge < -0.3 is 14.0 Å². The highest BCUT2D eigenvalue weighted by molar-refractivity contribution is 4.61. The molecule has 1 aliphatic heterocycles. The Bertz CT molecular complexity index is 131. The van der Waals surface area contributed by atoms with Crippen molar-refractivity contribution >= 4 is 0 Å². The Kier molecular flexibility index (Phi) is 2.52. The molecule has 1 aliphatic rings. The van der Waals surface area contributed by atoms with E-state index in [-0.39, 0.29) is 12.4 Å². The van der Waals surface area contributed by atoms with Crippen molar-refractivity contribution in [2.75, 3.05) is 34.3 Å². The van der Waals surface area contributed by atoms with Gasteiger partial charge in [-0.2, -0.15) is 0 Å². The predicted octanol–water partition coefficient (Wildman–Crippen LogP) is 0.454. The van der Waals surface area contributed by atoms with E-state index in [1.807, 2.05) is 6.92 Å².